The van der Waals surface area contributed by atoms with Gasteiger partial charge in [-0.3, -0.25) is 4.90 Å². The Morgan fingerprint density at radius 2 is 1.87 bits per heavy atom. The molecule has 2 atom stereocenters. The molecule has 3 heterocycles. The van der Waals surface area contributed by atoms with Crippen molar-refractivity contribution in [2.75, 3.05) is 26.2 Å². The summed E-state index contributed by atoms with van der Waals surface area (Å²) in [7, 11) is -4.02. The highest BCUT2D eigenvalue weighted by atomic mass is 79.9. The van der Waals surface area contributed by atoms with Gasteiger partial charge in [0.25, 0.3) is 0 Å². The molecule has 1 aromatic heterocycles. The molecular weight excluding hydrogens is 487 g/mol. The first-order valence-electron chi connectivity index (χ1n) is 9.33. The summed E-state index contributed by atoms with van der Waals surface area (Å²) in [6, 6.07) is 9.20. The van der Waals surface area contributed by atoms with E-state index in [4.69, 9.17) is 4.74 Å². The maximum Gasteiger partial charge on any atom is 0.416 e. The molecule has 2 aliphatic heterocycles. The Hall–Kier alpha value is -1.69. The predicted octanol–water partition coefficient (Wildman–Crippen LogP) is 3.39. The number of ether oxygens (including phenoxy) is 1. The molecule has 0 unspecified atom stereocenters. The van der Waals surface area contributed by atoms with Crippen molar-refractivity contribution in [3.63, 3.8) is 0 Å². The number of hydrogen-bond donors (Lipinski definition) is 0. The van der Waals surface area contributed by atoms with Gasteiger partial charge in [-0.2, -0.15) is 17.5 Å². The third kappa shape index (κ3) is 4.48. The highest BCUT2D eigenvalue weighted by Crippen LogP contribution is 2.32. The van der Waals surface area contributed by atoms with Crippen molar-refractivity contribution < 1.29 is 26.3 Å². The molecule has 0 amide bonds. The number of piperazine rings is 1. The van der Waals surface area contributed by atoms with Gasteiger partial charge in [-0.05, 0) is 40.2 Å². The van der Waals surface area contributed by atoms with Crippen LogP contribution in [0.15, 0.2) is 52.0 Å². The van der Waals surface area contributed by atoms with Crippen molar-refractivity contribution in [2.24, 2.45) is 0 Å². The lowest BCUT2D eigenvalue weighted by Crippen LogP contribution is -2.51. The highest BCUT2D eigenvalue weighted by molar-refractivity contribution is 9.10. The van der Waals surface area contributed by atoms with E-state index in [0.29, 0.717) is 36.1 Å². The number of fused-ring (bicyclic) bond motifs is 1. The lowest BCUT2D eigenvalue weighted by molar-refractivity contribution is -0.137. The minimum Gasteiger partial charge on any atom is -0.473 e. The van der Waals surface area contributed by atoms with Gasteiger partial charge in [0, 0.05) is 44.7 Å². The molecule has 0 radical (unpaired) electrons. The maximum atomic E-state index is 13.0. The van der Waals surface area contributed by atoms with E-state index in [9.17, 15) is 21.6 Å². The predicted molar refractivity (Wildman–Crippen MR) is 107 cm³/mol. The number of alkyl halides is 3. The zero-order chi connectivity index (χ0) is 21.5. The van der Waals surface area contributed by atoms with E-state index in [1.54, 1.807) is 12.1 Å². The molecule has 6 nitrogen and oxygen atoms in total. The zero-order valence-corrected chi connectivity index (χ0v) is 18.1. The Morgan fingerprint density at radius 1 is 1.10 bits per heavy atom. The number of halogens is 4. The van der Waals surface area contributed by atoms with Crippen LogP contribution in [0, 0.1) is 0 Å². The van der Waals surface area contributed by atoms with Crippen LogP contribution in [-0.2, 0) is 16.2 Å². The zero-order valence-electron chi connectivity index (χ0n) is 15.7. The molecule has 1 aromatic carbocycles. The summed E-state index contributed by atoms with van der Waals surface area (Å²) in [5, 5.41) is 0. The molecule has 30 heavy (non-hydrogen) atoms. The molecule has 0 spiro atoms. The molecule has 2 aliphatic rings. The first-order valence-corrected chi connectivity index (χ1v) is 11.6. The average Bonchev–Trinajstić information content (AvgIpc) is 3.09. The lowest BCUT2D eigenvalue weighted by atomic mass is 10.2. The van der Waals surface area contributed by atoms with Crippen LogP contribution in [0.3, 0.4) is 0 Å². The molecule has 2 aromatic rings. The van der Waals surface area contributed by atoms with Gasteiger partial charge in [0.05, 0.1) is 10.5 Å². The highest BCUT2D eigenvalue weighted by Gasteiger charge is 2.41. The Morgan fingerprint density at radius 3 is 2.60 bits per heavy atom. The second-order valence-electron chi connectivity index (χ2n) is 7.31. The Balaban J connectivity index is 1.46. The van der Waals surface area contributed by atoms with E-state index in [-0.39, 0.29) is 30.1 Å². The van der Waals surface area contributed by atoms with Gasteiger partial charge in [0.1, 0.15) is 10.7 Å². The second-order valence-corrected chi connectivity index (χ2v) is 10.1. The summed E-state index contributed by atoms with van der Waals surface area (Å²) in [5.41, 5.74) is -0.974. The van der Waals surface area contributed by atoms with Gasteiger partial charge < -0.3 is 4.74 Å². The monoisotopic (exact) mass is 505 g/mol. The number of pyridine rings is 1. The number of sulfonamides is 1. The van der Waals surface area contributed by atoms with E-state index in [1.807, 2.05) is 6.07 Å². The molecule has 11 heteroatoms. The van der Waals surface area contributed by atoms with Crippen LogP contribution in [0.5, 0.6) is 5.88 Å². The molecule has 2 fully saturated rings. The largest absolute Gasteiger partial charge is 0.473 e. The van der Waals surface area contributed by atoms with Gasteiger partial charge in [-0.25, -0.2) is 13.4 Å². The Kier molecular flexibility index (Phi) is 5.82. The van der Waals surface area contributed by atoms with Crippen molar-refractivity contribution in [2.45, 2.75) is 29.6 Å². The van der Waals surface area contributed by atoms with Crippen LogP contribution >= 0.6 is 15.9 Å². The summed E-state index contributed by atoms with van der Waals surface area (Å²) in [4.78, 5) is 6.07. The minimum absolute atomic E-state index is 0.0588. The van der Waals surface area contributed by atoms with Crippen LogP contribution < -0.4 is 4.74 Å². The van der Waals surface area contributed by atoms with Gasteiger partial charge in [-0.1, -0.05) is 12.1 Å². The number of aromatic nitrogens is 1. The molecule has 0 saturated carbocycles. The molecule has 2 saturated heterocycles. The Labute approximate surface area is 180 Å². The number of hydrogen-bond acceptors (Lipinski definition) is 5. The van der Waals surface area contributed by atoms with Crippen LogP contribution in [0.25, 0.3) is 0 Å². The second kappa shape index (κ2) is 8.10. The summed E-state index contributed by atoms with van der Waals surface area (Å²) in [6.07, 6.45) is -4.11. The first-order chi connectivity index (χ1) is 14.1. The van der Waals surface area contributed by atoms with Crippen LogP contribution in [-0.4, -0.2) is 60.9 Å². The molecular formula is C19H19BrF3N3O3S. The number of rotatable bonds is 4. The van der Waals surface area contributed by atoms with Crippen LogP contribution in [0.1, 0.15) is 12.0 Å². The van der Waals surface area contributed by atoms with E-state index >= 15 is 0 Å². The standard InChI is InChI=1S/C19H19BrF3N3O3S/c20-17-5-2-6-18(24-17)29-15-10-14-11-26(8-7-25(14)12-15)30(27,28)16-4-1-3-13(9-16)19(21,22)23/h1-6,9,14-15H,7-8,10-12H2/t14-,15+/m0/s1. The summed E-state index contributed by atoms with van der Waals surface area (Å²) in [6.45, 7) is 1.58. The smallest absolute Gasteiger partial charge is 0.416 e. The SMILES string of the molecule is O=S(=O)(c1cccc(C(F)(F)F)c1)N1CCN2C[C@H](Oc3cccc(Br)n3)C[C@H]2C1. The summed E-state index contributed by atoms with van der Waals surface area (Å²) < 4.78 is 72.7. The van der Waals surface area contributed by atoms with Gasteiger partial charge in [0.15, 0.2) is 0 Å². The van der Waals surface area contributed by atoms with Crippen molar-refractivity contribution >= 4 is 26.0 Å². The molecule has 0 aliphatic carbocycles. The van der Waals surface area contributed by atoms with Crippen molar-refractivity contribution in [1.82, 2.24) is 14.2 Å². The first kappa shape index (κ1) is 21.5. The van der Waals surface area contributed by atoms with Gasteiger partial charge in [0.2, 0.25) is 15.9 Å². The molecule has 162 valence electrons. The topological polar surface area (TPSA) is 62.7 Å². The normalized spacial score (nSPS) is 23.3. The third-order valence-corrected chi connectivity index (χ3v) is 7.62. The van der Waals surface area contributed by atoms with Gasteiger partial charge >= 0.3 is 6.18 Å². The van der Waals surface area contributed by atoms with Crippen molar-refractivity contribution in [3.05, 3.63) is 52.6 Å². The molecule has 0 bridgehead atoms. The van der Waals surface area contributed by atoms with E-state index in [2.05, 4.69) is 25.8 Å². The molecule has 0 N–H and O–H groups in total. The fraction of sp³-hybridized carbons (Fsp3) is 0.421. The molecule has 4 rings (SSSR count). The quantitative estimate of drug-likeness (QED) is 0.596. The fourth-order valence-electron chi connectivity index (χ4n) is 3.88. The van der Waals surface area contributed by atoms with Crippen molar-refractivity contribution in [3.8, 4) is 5.88 Å². The van der Waals surface area contributed by atoms with Crippen LogP contribution in [0.4, 0.5) is 13.2 Å². The maximum absolute atomic E-state index is 13.0. The van der Waals surface area contributed by atoms with Crippen LogP contribution in [0.2, 0.25) is 0 Å². The average molecular weight is 506 g/mol. The van der Waals surface area contributed by atoms with E-state index in [0.717, 1.165) is 12.1 Å². The summed E-state index contributed by atoms with van der Waals surface area (Å²) in [5.74, 6) is 0.489. The van der Waals surface area contributed by atoms with E-state index < -0.39 is 21.8 Å². The number of nitrogens with zero attached hydrogens (tertiary/aromatic N) is 3. The van der Waals surface area contributed by atoms with Gasteiger partial charge in [-0.15, -0.1) is 0 Å². The lowest BCUT2D eigenvalue weighted by Gasteiger charge is -2.36. The van der Waals surface area contributed by atoms with Crippen molar-refractivity contribution in [1.29, 1.82) is 0 Å². The summed E-state index contributed by atoms with van der Waals surface area (Å²) >= 11 is 3.30. The fourth-order valence-corrected chi connectivity index (χ4v) is 5.72. The minimum atomic E-state index is -4.60. The Bertz CT molecular complexity index is 1030. The van der Waals surface area contributed by atoms with E-state index in [1.165, 1.54) is 10.4 Å². The number of benzene rings is 1. The third-order valence-electron chi connectivity index (χ3n) is 5.32.